The van der Waals surface area contributed by atoms with Crippen LogP contribution in [-0.2, 0) is 25.7 Å². The van der Waals surface area contributed by atoms with Gasteiger partial charge in [0.15, 0.2) is 0 Å². The molecule has 2 fully saturated rings. The third-order valence-corrected chi connectivity index (χ3v) is 7.94. The number of ether oxygens (including phenoxy) is 1. The molecular weight excluding hydrogens is 447 g/mol. The van der Waals surface area contributed by atoms with E-state index in [4.69, 9.17) is 5.73 Å². The van der Waals surface area contributed by atoms with Gasteiger partial charge in [-0.2, -0.15) is 21.6 Å². The monoisotopic (exact) mass is 474 g/mol. The molecule has 2 saturated carbocycles. The van der Waals surface area contributed by atoms with Gasteiger partial charge in [0.1, 0.15) is 17.5 Å². The Balaban J connectivity index is 1.96. The second-order valence-electron chi connectivity index (χ2n) is 8.08. The van der Waals surface area contributed by atoms with Crippen molar-refractivity contribution in [3.05, 3.63) is 41.1 Å². The Morgan fingerprint density at radius 1 is 1.28 bits per heavy atom. The van der Waals surface area contributed by atoms with Crippen LogP contribution >= 0.6 is 0 Å². The summed E-state index contributed by atoms with van der Waals surface area (Å²) in [6, 6.07) is 2.46. The number of likely N-dealkylation sites (N-methyl/N-ethyl adjacent to an activating group) is 1. The maximum absolute atomic E-state index is 13.4. The van der Waals surface area contributed by atoms with Crippen LogP contribution in [0.4, 0.5) is 13.2 Å². The van der Waals surface area contributed by atoms with Crippen LogP contribution in [0.1, 0.15) is 49.1 Å². The lowest BCUT2D eigenvalue weighted by molar-refractivity contribution is -0.768. The van der Waals surface area contributed by atoms with Crippen molar-refractivity contribution < 1.29 is 35.4 Å². The molecule has 176 valence electrons. The highest BCUT2D eigenvalue weighted by Gasteiger charge is 2.40. The lowest BCUT2D eigenvalue weighted by Crippen LogP contribution is -3.15. The van der Waals surface area contributed by atoms with E-state index < -0.39 is 33.8 Å². The first-order valence-corrected chi connectivity index (χ1v) is 11.8. The van der Waals surface area contributed by atoms with E-state index in [9.17, 15) is 26.4 Å². The minimum absolute atomic E-state index is 0.0146. The lowest BCUT2D eigenvalue weighted by Gasteiger charge is -2.30. The summed E-state index contributed by atoms with van der Waals surface area (Å²) in [4.78, 5) is 15.3. The highest BCUT2D eigenvalue weighted by molar-refractivity contribution is 7.85. The number of nitrogens with zero attached hydrogens (tertiary/aromatic N) is 1. The first kappa shape index (κ1) is 24.2. The van der Waals surface area contributed by atoms with E-state index in [-0.39, 0.29) is 21.7 Å². The molecule has 2 unspecified atom stereocenters. The zero-order valence-corrected chi connectivity index (χ0v) is 18.7. The quantitative estimate of drug-likeness (QED) is 0.612. The molecule has 0 amide bonds. The van der Waals surface area contributed by atoms with Gasteiger partial charge in [0, 0.05) is 23.9 Å². The molecule has 0 radical (unpaired) electrons. The molecule has 32 heavy (non-hydrogen) atoms. The van der Waals surface area contributed by atoms with E-state index in [0.717, 1.165) is 18.9 Å². The number of quaternary nitrogens is 1. The third-order valence-electron chi connectivity index (χ3n) is 5.95. The van der Waals surface area contributed by atoms with Crippen LogP contribution < -0.4 is 10.0 Å². The second-order valence-corrected chi connectivity index (χ2v) is 10.2. The topological polar surface area (TPSA) is 103 Å². The van der Waals surface area contributed by atoms with E-state index in [1.807, 2.05) is 0 Å². The largest absolute Gasteiger partial charge is 0.468 e. The van der Waals surface area contributed by atoms with E-state index in [1.54, 1.807) is 0 Å². The van der Waals surface area contributed by atoms with Crippen LogP contribution in [0, 0.1) is 0 Å². The van der Waals surface area contributed by atoms with Gasteiger partial charge >= 0.3 is 22.2 Å². The molecule has 0 spiro atoms. The summed E-state index contributed by atoms with van der Waals surface area (Å²) in [5, 5.41) is 0. The Morgan fingerprint density at radius 3 is 2.53 bits per heavy atom. The number of rotatable bonds is 6. The van der Waals surface area contributed by atoms with Crippen molar-refractivity contribution >= 4 is 21.7 Å². The molecule has 2 aliphatic rings. The molecule has 0 saturated heterocycles. The molecule has 7 nitrogen and oxygen atoms in total. The van der Waals surface area contributed by atoms with Gasteiger partial charge < -0.3 is 10.5 Å². The average molecular weight is 475 g/mol. The van der Waals surface area contributed by atoms with Crippen LogP contribution in [-0.4, -0.2) is 46.8 Å². The Labute approximate surface area is 185 Å². The molecule has 0 aromatic heterocycles. The fourth-order valence-electron chi connectivity index (χ4n) is 3.97. The summed E-state index contributed by atoms with van der Waals surface area (Å²) < 4.78 is 71.7. The Morgan fingerprint density at radius 2 is 1.97 bits per heavy atom. The zero-order valence-electron chi connectivity index (χ0n) is 17.9. The number of hydrogen-bond donors (Lipinski definition) is 2. The fourth-order valence-corrected chi connectivity index (χ4v) is 5.54. The molecule has 1 aromatic carbocycles. The van der Waals surface area contributed by atoms with E-state index in [2.05, 4.69) is 9.73 Å². The van der Waals surface area contributed by atoms with Crippen molar-refractivity contribution in [3.8, 4) is 0 Å². The molecule has 11 heteroatoms. The van der Waals surface area contributed by atoms with E-state index >= 15 is 0 Å². The second kappa shape index (κ2) is 9.22. The minimum Gasteiger partial charge on any atom is -0.468 e. The van der Waals surface area contributed by atoms with Gasteiger partial charge in [0.05, 0.1) is 19.7 Å². The van der Waals surface area contributed by atoms with E-state index in [1.165, 1.54) is 26.4 Å². The van der Waals surface area contributed by atoms with Crippen molar-refractivity contribution in [1.29, 1.82) is 0 Å². The number of methoxy groups -OCH3 is 1. The van der Waals surface area contributed by atoms with Gasteiger partial charge in [-0.05, 0) is 55.4 Å². The molecule has 2 aliphatic carbocycles. The van der Waals surface area contributed by atoms with Gasteiger partial charge in [-0.3, -0.25) is 9.79 Å². The van der Waals surface area contributed by atoms with E-state index in [0.29, 0.717) is 42.2 Å². The summed E-state index contributed by atoms with van der Waals surface area (Å²) in [6.45, 7) is -0.222. The Hall–Kier alpha value is -2.40. The van der Waals surface area contributed by atoms with Gasteiger partial charge in [-0.25, -0.2) is 4.31 Å². The van der Waals surface area contributed by atoms with Gasteiger partial charge in [-0.1, -0.05) is 0 Å². The smallest absolute Gasteiger partial charge is 0.416 e. The first-order valence-electron chi connectivity index (χ1n) is 10.3. The molecule has 1 aromatic rings. The van der Waals surface area contributed by atoms with Gasteiger partial charge in [0.25, 0.3) is 0 Å². The first-order chi connectivity index (χ1) is 15.0. The highest BCUT2D eigenvalue weighted by atomic mass is 32.2. The standard InChI is InChI=1S/C21H26F3N3O4S/c1-27(19-5-3-4-18(17(19)11-25)26-12-20(28)31-2)32(29,30)16-9-14(13-6-7-13)8-15(10-16)21(22,23)24/h8-11,13,19H,3-7,12,25H2,1-2H3/p+1. The van der Waals surface area contributed by atoms with Crippen LogP contribution in [0.25, 0.3) is 0 Å². The lowest BCUT2D eigenvalue weighted by atomic mass is 9.88. The van der Waals surface area contributed by atoms with Crippen LogP contribution in [0.2, 0.25) is 0 Å². The van der Waals surface area contributed by atoms with Crippen molar-refractivity contribution in [3.63, 3.8) is 0 Å². The number of sulfonamides is 1. The summed E-state index contributed by atoms with van der Waals surface area (Å²) >= 11 is 0. The fraction of sp³-hybridized carbons (Fsp3) is 0.524. The summed E-state index contributed by atoms with van der Waals surface area (Å²) in [6.07, 6.45) is -0.327. The number of carbonyl (C=O) groups excluding carboxylic acids is 1. The number of halogens is 3. The zero-order chi connectivity index (χ0) is 23.7. The molecular formula is C21H27F3N3O4S+. The van der Waals surface area contributed by atoms with Crippen LogP contribution in [0.5, 0.6) is 0 Å². The number of benzene rings is 1. The third kappa shape index (κ3) is 5.15. The molecule has 0 bridgehead atoms. The van der Waals surface area contributed by atoms with Crippen molar-refractivity contribution in [1.82, 2.24) is 0 Å². The maximum Gasteiger partial charge on any atom is 0.416 e. The number of hydrogen-bond acceptors (Lipinski definition) is 6. The van der Waals surface area contributed by atoms with Crippen LogP contribution in [0.3, 0.4) is 0 Å². The summed E-state index contributed by atoms with van der Waals surface area (Å²) in [7, 11) is -1.53. The molecule has 0 heterocycles. The molecule has 0 aliphatic heterocycles. The number of esters is 1. The maximum atomic E-state index is 13.4. The van der Waals surface area contributed by atoms with Gasteiger partial charge in [-0.15, -0.1) is 0 Å². The Kier molecular flexibility index (Phi) is 6.99. The van der Waals surface area contributed by atoms with Crippen molar-refractivity contribution in [2.24, 2.45) is 10.7 Å². The predicted octanol–water partition coefficient (Wildman–Crippen LogP) is 1.80. The number of carbonyl (C=O) groups is 1. The number of aliphatic imine (C=N–C) groups is 1. The van der Waals surface area contributed by atoms with Crippen molar-refractivity contribution in [2.75, 3.05) is 20.7 Å². The number of nitrogens with two attached hydrogens (primary N) is 1. The summed E-state index contributed by atoms with van der Waals surface area (Å²) in [5.74, 6) is -0.585. The molecule has 2 atom stereocenters. The highest BCUT2D eigenvalue weighted by Crippen LogP contribution is 2.43. The Bertz CT molecular complexity index is 1050. The van der Waals surface area contributed by atoms with Crippen molar-refractivity contribution in [2.45, 2.75) is 55.1 Å². The summed E-state index contributed by atoms with van der Waals surface area (Å²) in [5.41, 5.74) is 6.18. The SMILES string of the molecule is COC(=O)CN=C1CCCC([NH+](C)S(=O)(=O)c2cc(C3CC3)cc(C(F)(F)F)c2)C1=CN. The van der Waals surface area contributed by atoms with Crippen LogP contribution in [0.15, 0.2) is 39.9 Å². The molecule has 3 rings (SSSR count). The normalized spacial score (nSPS) is 23.3. The molecule has 3 N–H and O–H groups in total. The predicted molar refractivity (Wildman–Crippen MR) is 112 cm³/mol. The number of nitrogens with one attached hydrogen (secondary N) is 1. The number of alkyl halides is 3. The minimum atomic E-state index is -4.65. The van der Waals surface area contributed by atoms with Gasteiger partial charge in [0.2, 0.25) is 0 Å². The average Bonchev–Trinajstić information content (AvgIpc) is 3.61.